The first kappa shape index (κ1) is 45.0. The number of hydrogen-bond acceptors (Lipinski definition) is 6. The van der Waals surface area contributed by atoms with E-state index in [2.05, 4.69) is 9.47 Å². The van der Waals surface area contributed by atoms with Crippen LogP contribution < -0.4 is 0 Å². The molecular weight excluding hydrogens is 795 g/mol. The van der Waals surface area contributed by atoms with Crippen molar-refractivity contribution >= 4 is 11.9 Å². The molecule has 0 heterocycles. The number of nitrogens with zero attached hydrogens (tertiary/aromatic N) is 1. The van der Waals surface area contributed by atoms with Crippen molar-refractivity contribution < 1.29 is 125 Å². The molecule has 0 N–H and O–H groups in total. The number of benzene rings is 1. The fourth-order valence-corrected chi connectivity index (χ4v) is 3.35. The maximum Gasteiger partial charge on any atom is 0.458 e. The number of alkyl halides is 23. The zero-order chi connectivity index (χ0) is 41.2. The van der Waals surface area contributed by atoms with E-state index in [4.69, 9.17) is 5.26 Å². The summed E-state index contributed by atoms with van der Waals surface area (Å²) < 4.78 is 324. The SMILES string of the molecule is COC(=O)c1cc(C(F)(F)C(F)(F)C(F)(F)C(F)(F)C(F)(F)C(F)(F)C(F)(F)C(F)(F)OC(F)(C(F)(F)F)C(F)(F)F)cc(C(=O)OC)c1C#N. The van der Waals surface area contributed by atoms with Crippen molar-refractivity contribution in [2.75, 3.05) is 14.2 Å². The number of carbonyl (C=O) groups excluding carboxylic acids is 2. The summed E-state index contributed by atoms with van der Waals surface area (Å²) in [5, 5.41) is 9.08. The predicted octanol–water partition coefficient (Wildman–Crippen LogP) is 8.43. The van der Waals surface area contributed by atoms with Gasteiger partial charge < -0.3 is 9.47 Å². The van der Waals surface area contributed by atoms with E-state index in [1.807, 2.05) is 0 Å². The van der Waals surface area contributed by atoms with Gasteiger partial charge in [0.1, 0.15) is 6.07 Å². The average molecular weight is 803 g/mol. The first-order chi connectivity index (χ1) is 22.2. The fourth-order valence-electron chi connectivity index (χ4n) is 3.35. The van der Waals surface area contributed by atoms with Crippen LogP contribution in [-0.2, 0) is 20.1 Å². The molecule has 0 spiro atoms. The molecule has 0 atom stereocenters. The Labute approximate surface area is 263 Å². The summed E-state index contributed by atoms with van der Waals surface area (Å²) in [6.07, 6.45) is -25.0. The third-order valence-corrected chi connectivity index (χ3v) is 6.15. The first-order valence-corrected chi connectivity index (χ1v) is 11.5. The van der Waals surface area contributed by atoms with Crippen LogP contribution in [0.5, 0.6) is 0 Å². The molecule has 0 fully saturated rings. The van der Waals surface area contributed by atoms with E-state index in [1.165, 1.54) is 0 Å². The number of hydrogen-bond donors (Lipinski definition) is 0. The number of rotatable bonds is 12. The normalized spacial score (nSPS) is 15.0. The van der Waals surface area contributed by atoms with Crippen molar-refractivity contribution in [1.82, 2.24) is 0 Å². The van der Waals surface area contributed by atoms with E-state index < -0.39 is 112 Å². The highest BCUT2D eigenvalue weighted by Gasteiger charge is 2.96. The van der Waals surface area contributed by atoms with Gasteiger partial charge in [0.2, 0.25) is 0 Å². The maximum atomic E-state index is 14.9. The molecule has 1 rings (SSSR count). The average Bonchev–Trinajstić information content (AvgIpc) is 2.97. The van der Waals surface area contributed by atoms with Crippen molar-refractivity contribution in [1.29, 1.82) is 5.26 Å². The molecule has 0 radical (unpaired) electrons. The molecule has 0 aliphatic rings. The molecule has 51 heavy (non-hydrogen) atoms. The summed E-state index contributed by atoms with van der Waals surface area (Å²) in [4.78, 5) is 23.7. The molecule has 29 heteroatoms. The summed E-state index contributed by atoms with van der Waals surface area (Å²) in [6, 6.07) is -0.833. The Hall–Kier alpha value is -4.00. The van der Waals surface area contributed by atoms with Crippen LogP contribution in [0, 0.1) is 11.3 Å². The number of esters is 2. The lowest BCUT2D eigenvalue weighted by atomic mass is 9.85. The Morgan fingerprint density at radius 3 is 1.10 bits per heavy atom. The number of carbonyl (C=O) groups is 2. The minimum atomic E-state index is -9.42. The Bertz CT molecular complexity index is 1500. The van der Waals surface area contributed by atoms with Crippen LogP contribution in [0.1, 0.15) is 31.8 Å². The van der Waals surface area contributed by atoms with Crippen LogP contribution in [0.25, 0.3) is 0 Å². The maximum absolute atomic E-state index is 14.9. The molecule has 0 aliphatic heterocycles. The quantitative estimate of drug-likeness (QED) is 0.156. The van der Waals surface area contributed by atoms with E-state index in [1.54, 1.807) is 0 Å². The second kappa shape index (κ2) is 12.6. The molecule has 0 aromatic heterocycles. The van der Waals surface area contributed by atoms with Gasteiger partial charge in [-0.1, -0.05) is 0 Å². The highest BCUT2D eigenvalue weighted by molar-refractivity contribution is 6.00. The molecule has 292 valence electrons. The minimum absolute atomic E-state index is 0.321. The number of ether oxygens (including phenoxy) is 3. The molecule has 1 aromatic carbocycles. The Kier molecular flexibility index (Phi) is 11.1. The second-order valence-electron chi connectivity index (χ2n) is 9.27. The van der Waals surface area contributed by atoms with E-state index >= 15 is 0 Å². The van der Waals surface area contributed by atoms with Crippen molar-refractivity contribution in [2.45, 2.75) is 65.8 Å². The lowest BCUT2D eigenvalue weighted by Gasteiger charge is -2.44. The van der Waals surface area contributed by atoms with Gasteiger partial charge in [0.15, 0.2) is 0 Å². The van der Waals surface area contributed by atoms with Gasteiger partial charge in [-0.2, -0.15) is 106 Å². The van der Waals surface area contributed by atoms with E-state index in [-0.39, 0.29) is 0 Å². The molecule has 6 nitrogen and oxygen atoms in total. The highest BCUT2D eigenvalue weighted by atomic mass is 19.4. The van der Waals surface area contributed by atoms with E-state index in [0.29, 0.717) is 14.2 Å². The predicted molar refractivity (Wildman–Crippen MR) is 109 cm³/mol. The lowest BCUT2D eigenvalue weighted by molar-refractivity contribution is -0.528. The van der Waals surface area contributed by atoms with Gasteiger partial charge in [-0.15, -0.1) is 0 Å². The molecule has 0 unspecified atom stereocenters. The largest absolute Gasteiger partial charge is 0.465 e. The zero-order valence-electron chi connectivity index (χ0n) is 23.3. The van der Waals surface area contributed by atoms with Gasteiger partial charge in [-0.25, -0.2) is 9.59 Å². The summed E-state index contributed by atoms with van der Waals surface area (Å²) in [6.45, 7) is 0. The van der Waals surface area contributed by atoms with E-state index in [0.717, 1.165) is 10.8 Å². The summed E-state index contributed by atoms with van der Waals surface area (Å²) in [7, 11) is 0.643. The molecule has 0 saturated heterocycles. The Morgan fingerprint density at radius 1 is 0.529 bits per heavy atom. The number of nitriles is 1. The highest BCUT2D eigenvalue weighted by Crippen LogP contribution is 2.66. The molecule has 0 aliphatic carbocycles. The van der Waals surface area contributed by atoms with Crippen LogP contribution in [-0.4, -0.2) is 86.0 Å². The van der Waals surface area contributed by atoms with Gasteiger partial charge in [0.25, 0.3) is 0 Å². The van der Waals surface area contributed by atoms with Gasteiger partial charge >= 0.3 is 77.7 Å². The van der Waals surface area contributed by atoms with Crippen LogP contribution in [0.15, 0.2) is 12.1 Å². The van der Waals surface area contributed by atoms with Crippen molar-refractivity contribution in [3.05, 3.63) is 34.4 Å². The monoisotopic (exact) mass is 803 g/mol. The first-order valence-electron chi connectivity index (χ1n) is 11.5. The molecule has 1 aromatic rings. The Balaban J connectivity index is 4.06. The van der Waals surface area contributed by atoms with Gasteiger partial charge in [0, 0.05) is 5.56 Å². The number of methoxy groups -OCH3 is 2. The summed E-state index contributed by atoms with van der Waals surface area (Å²) >= 11 is 0. The Morgan fingerprint density at radius 2 is 0.824 bits per heavy atom. The third kappa shape index (κ3) is 6.29. The molecule has 0 saturated carbocycles. The van der Waals surface area contributed by atoms with Crippen LogP contribution in [0.4, 0.5) is 101 Å². The smallest absolute Gasteiger partial charge is 0.458 e. The van der Waals surface area contributed by atoms with Crippen molar-refractivity contribution in [2.24, 2.45) is 0 Å². The zero-order valence-corrected chi connectivity index (χ0v) is 23.3. The fraction of sp³-hybridized carbons (Fsp3) is 0.591. The second-order valence-corrected chi connectivity index (χ2v) is 9.27. The minimum Gasteiger partial charge on any atom is -0.465 e. The molecule has 0 amide bonds. The topological polar surface area (TPSA) is 85.6 Å². The van der Waals surface area contributed by atoms with E-state index in [9.17, 15) is 111 Å². The van der Waals surface area contributed by atoms with Crippen LogP contribution in [0.3, 0.4) is 0 Å². The van der Waals surface area contributed by atoms with Crippen LogP contribution in [0.2, 0.25) is 0 Å². The van der Waals surface area contributed by atoms with Gasteiger partial charge in [-0.05, 0) is 12.1 Å². The molecular formula is C22H8F23NO5. The van der Waals surface area contributed by atoms with Crippen molar-refractivity contribution in [3.63, 3.8) is 0 Å². The molecule has 0 bridgehead atoms. The van der Waals surface area contributed by atoms with Crippen LogP contribution >= 0.6 is 0 Å². The summed E-state index contributed by atoms with van der Waals surface area (Å²) in [5.74, 6) is -74.7. The summed E-state index contributed by atoms with van der Waals surface area (Å²) in [5.41, 5.74) is -8.26. The third-order valence-electron chi connectivity index (χ3n) is 6.15. The lowest BCUT2D eigenvalue weighted by Crippen LogP contribution is -2.75. The number of halogens is 23. The van der Waals surface area contributed by atoms with Crippen molar-refractivity contribution in [3.8, 4) is 6.07 Å². The standard InChI is InChI=1S/C22H8F23NO5/c1-49-10(47)7-3-6(4-8(9(7)5-46)11(48)50-2)12(23,24)13(25,26)14(27,28)15(29,30)16(31,32)17(33,34)18(35,36)22(44,45)51-19(37,20(38,39)40)21(41,42)43/h3-4H,1-2H3. The van der Waals surface area contributed by atoms with Gasteiger partial charge in [-0.3, -0.25) is 4.74 Å². The van der Waals surface area contributed by atoms with Gasteiger partial charge in [0.05, 0.1) is 30.9 Å².